The van der Waals surface area contributed by atoms with Crippen LogP contribution in [0.5, 0.6) is 0 Å². The Morgan fingerprint density at radius 1 is 1.24 bits per heavy atom. The lowest BCUT2D eigenvalue weighted by molar-refractivity contribution is -0.119. The van der Waals surface area contributed by atoms with E-state index >= 15 is 0 Å². The highest BCUT2D eigenvalue weighted by atomic mass is 16.2. The van der Waals surface area contributed by atoms with E-state index in [0.29, 0.717) is 17.8 Å². The molecule has 0 aliphatic carbocycles. The molecular weight excluding hydrogens is 266 g/mol. The van der Waals surface area contributed by atoms with Crippen LogP contribution in [0.25, 0.3) is 0 Å². The van der Waals surface area contributed by atoms with Gasteiger partial charge in [0.25, 0.3) is 0 Å². The summed E-state index contributed by atoms with van der Waals surface area (Å²) in [7, 11) is 0. The molecule has 3 N–H and O–H groups in total. The van der Waals surface area contributed by atoms with E-state index < -0.39 is 0 Å². The highest BCUT2D eigenvalue weighted by Gasteiger charge is 2.19. The van der Waals surface area contributed by atoms with E-state index in [2.05, 4.69) is 5.32 Å². The summed E-state index contributed by atoms with van der Waals surface area (Å²) in [5.74, 6) is -0.140. The Morgan fingerprint density at radius 3 is 2.52 bits per heavy atom. The number of benzene rings is 1. The maximum absolute atomic E-state index is 12.5. The fraction of sp³-hybridized carbons (Fsp3) is 0.250. The third kappa shape index (κ3) is 3.72. The fourth-order valence-electron chi connectivity index (χ4n) is 2.15. The van der Waals surface area contributed by atoms with Gasteiger partial charge in [0, 0.05) is 24.5 Å². The molecule has 0 bridgehead atoms. The van der Waals surface area contributed by atoms with Crippen molar-refractivity contribution < 1.29 is 4.79 Å². The van der Waals surface area contributed by atoms with Crippen LogP contribution in [0, 0.1) is 0 Å². The monoisotopic (exact) mass is 285 g/mol. The van der Waals surface area contributed by atoms with Crippen molar-refractivity contribution in [2.24, 2.45) is 0 Å². The number of nitrogens with one attached hydrogen (secondary N) is 1. The van der Waals surface area contributed by atoms with Gasteiger partial charge in [0.15, 0.2) is 5.43 Å². The molecule has 1 amide bonds. The molecule has 0 saturated carbocycles. The van der Waals surface area contributed by atoms with Crippen LogP contribution in [0.3, 0.4) is 0 Å². The molecule has 21 heavy (non-hydrogen) atoms. The van der Waals surface area contributed by atoms with Gasteiger partial charge in [0.1, 0.15) is 6.04 Å². The number of hydrogen-bond acceptors (Lipinski definition) is 3. The number of para-hydroxylation sites is 2. The predicted molar refractivity (Wildman–Crippen MR) is 84.1 cm³/mol. The normalized spacial score (nSPS) is 11.9. The number of pyridine rings is 1. The van der Waals surface area contributed by atoms with Gasteiger partial charge >= 0.3 is 0 Å². The zero-order valence-electron chi connectivity index (χ0n) is 12.0. The van der Waals surface area contributed by atoms with Crippen molar-refractivity contribution in [2.75, 3.05) is 11.1 Å². The first kappa shape index (κ1) is 14.8. The lowest BCUT2D eigenvalue weighted by Crippen LogP contribution is -2.26. The number of carbonyl (C=O) groups excluding carboxylic acids is 1. The quantitative estimate of drug-likeness (QED) is 0.828. The third-order valence-corrected chi connectivity index (χ3v) is 3.27. The van der Waals surface area contributed by atoms with E-state index in [1.165, 1.54) is 12.1 Å². The van der Waals surface area contributed by atoms with Crippen LogP contribution in [-0.2, 0) is 4.79 Å². The molecule has 1 unspecified atom stereocenters. The molecule has 0 saturated heterocycles. The number of hydrogen-bond donors (Lipinski definition) is 2. The molecule has 0 fully saturated rings. The standard InChI is InChI=1S/C16H19N3O2/c1-2-5-15(19-10-8-12(20)9-11-19)16(21)18-14-7-4-3-6-13(14)17/h3-4,6-11,15H,2,5,17H2,1H3,(H,18,21). The van der Waals surface area contributed by atoms with Gasteiger partial charge < -0.3 is 15.6 Å². The molecule has 5 heteroatoms. The second-order valence-electron chi connectivity index (χ2n) is 4.86. The molecule has 1 aromatic heterocycles. The minimum atomic E-state index is -0.366. The van der Waals surface area contributed by atoms with Crippen molar-refractivity contribution in [3.05, 3.63) is 59.0 Å². The van der Waals surface area contributed by atoms with Crippen LogP contribution in [0.15, 0.2) is 53.6 Å². The summed E-state index contributed by atoms with van der Waals surface area (Å²) in [6, 6.07) is 9.68. The Kier molecular flexibility index (Phi) is 4.77. The number of rotatable bonds is 5. The maximum atomic E-state index is 12.5. The van der Waals surface area contributed by atoms with Gasteiger partial charge in [0.2, 0.25) is 5.91 Å². The zero-order valence-corrected chi connectivity index (χ0v) is 12.0. The highest BCUT2D eigenvalue weighted by molar-refractivity contribution is 5.96. The smallest absolute Gasteiger partial charge is 0.247 e. The van der Waals surface area contributed by atoms with Crippen LogP contribution < -0.4 is 16.5 Å². The van der Waals surface area contributed by atoms with Crippen LogP contribution in [0.4, 0.5) is 11.4 Å². The van der Waals surface area contributed by atoms with Gasteiger partial charge in [-0.2, -0.15) is 0 Å². The summed E-state index contributed by atoms with van der Waals surface area (Å²) in [5, 5.41) is 2.85. The lowest BCUT2D eigenvalue weighted by Gasteiger charge is -2.20. The van der Waals surface area contributed by atoms with Gasteiger partial charge in [-0.1, -0.05) is 25.5 Å². The number of aromatic nitrogens is 1. The van der Waals surface area contributed by atoms with E-state index in [4.69, 9.17) is 5.73 Å². The van der Waals surface area contributed by atoms with Crippen molar-refractivity contribution in [1.82, 2.24) is 4.57 Å². The van der Waals surface area contributed by atoms with Gasteiger partial charge in [0.05, 0.1) is 11.4 Å². The summed E-state index contributed by atoms with van der Waals surface area (Å²) >= 11 is 0. The van der Waals surface area contributed by atoms with Gasteiger partial charge in [-0.05, 0) is 18.6 Å². The van der Waals surface area contributed by atoms with Crippen LogP contribution in [0.2, 0.25) is 0 Å². The maximum Gasteiger partial charge on any atom is 0.247 e. The van der Waals surface area contributed by atoms with Crippen molar-refractivity contribution in [2.45, 2.75) is 25.8 Å². The molecule has 1 atom stereocenters. The molecule has 2 aromatic rings. The van der Waals surface area contributed by atoms with E-state index in [1.54, 1.807) is 29.1 Å². The Bertz CT molecular complexity index is 659. The first-order chi connectivity index (χ1) is 10.1. The Balaban J connectivity index is 2.22. The molecule has 5 nitrogen and oxygen atoms in total. The number of nitrogen functional groups attached to an aromatic ring is 1. The van der Waals surface area contributed by atoms with Gasteiger partial charge in [-0.25, -0.2) is 0 Å². The second-order valence-corrected chi connectivity index (χ2v) is 4.86. The van der Waals surface area contributed by atoms with Crippen molar-refractivity contribution in [3.63, 3.8) is 0 Å². The lowest BCUT2D eigenvalue weighted by atomic mass is 10.1. The van der Waals surface area contributed by atoms with E-state index in [0.717, 1.165) is 6.42 Å². The summed E-state index contributed by atoms with van der Waals surface area (Å²) in [6.07, 6.45) is 4.81. The second kappa shape index (κ2) is 6.74. The molecule has 110 valence electrons. The molecule has 0 aliphatic heterocycles. The SMILES string of the molecule is CCCC(C(=O)Nc1ccccc1N)n1ccc(=O)cc1. The van der Waals surface area contributed by atoms with Gasteiger partial charge in [-0.3, -0.25) is 9.59 Å². The van der Waals surface area contributed by atoms with Crippen molar-refractivity contribution >= 4 is 17.3 Å². The molecule has 0 spiro atoms. The Hall–Kier alpha value is -2.56. The van der Waals surface area contributed by atoms with E-state index in [1.807, 2.05) is 19.1 Å². The number of anilines is 2. The molecule has 1 aromatic carbocycles. The number of nitrogens with zero attached hydrogens (tertiary/aromatic N) is 1. The molecular formula is C16H19N3O2. The van der Waals surface area contributed by atoms with Crippen LogP contribution in [-0.4, -0.2) is 10.5 Å². The van der Waals surface area contributed by atoms with Gasteiger partial charge in [-0.15, -0.1) is 0 Å². The molecule has 0 aliphatic rings. The summed E-state index contributed by atoms with van der Waals surface area (Å²) in [6.45, 7) is 2.01. The summed E-state index contributed by atoms with van der Waals surface area (Å²) in [4.78, 5) is 23.7. The van der Waals surface area contributed by atoms with E-state index in [-0.39, 0.29) is 17.4 Å². The minimum absolute atomic E-state index is 0.0748. The minimum Gasteiger partial charge on any atom is -0.397 e. The average molecular weight is 285 g/mol. The Labute approximate surface area is 123 Å². The van der Waals surface area contributed by atoms with Crippen molar-refractivity contribution in [3.8, 4) is 0 Å². The Morgan fingerprint density at radius 2 is 1.90 bits per heavy atom. The zero-order chi connectivity index (χ0) is 15.2. The van der Waals surface area contributed by atoms with Crippen LogP contribution in [0.1, 0.15) is 25.8 Å². The number of nitrogens with two attached hydrogens (primary N) is 1. The average Bonchev–Trinajstić information content (AvgIpc) is 2.48. The topological polar surface area (TPSA) is 77.1 Å². The number of amides is 1. The largest absolute Gasteiger partial charge is 0.397 e. The summed E-state index contributed by atoms with van der Waals surface area (Å²) < 4.78 is 1.75. The first-order valence-electron chi connectivity index (χ1n) is 6.95. The molecule has 1 heterocycles. The molecule has 2 rings (SSSR count). The van der Waals surface area contributed by atoms with Crippen LogP contribution >= 0.6 is 0 Å². The molecule has 0 radical (unpaired) electrons. The highest BCUT2D eigenvalue weighted by Crippen LogP contribution is 2.20. The number of carbonyl (C=O) groups is 1. The summed E-state index contributed by atoms with van der Waals surface area (Å²) in [5.41, 5.74) is 6.89. The van der Waals surface area contributed by atoms with Crippen molar-refractivity contribution in [1.29, 1.82) is 0 Å². The first-order valence-corrected chi connectivity index (χ1v) is 6.95. The third-order valence-electron chi connectivity index (χ3n) is 3.27. The fourth-order valence-corrected chi connectivity index (χ4v) is 2.15. The predicted octanol–water partition coefficient (Wildman–Crippen LogP) is 2.41. The van der Waals surface area contributed by atoms with E-state index in [9.17, 15) is 9.59 Å².